The number of para-hydroxylation sites is 1. The molecule has 2 heterocycles. The Kier molecular flexibility index (Phi) is 6.42. The van der Waals surface area contributed by atoms with Crippen LogP contribution in [0.4, 0.5) is 11.4 Å². The van der Waals surface area contributed by atoms with E-state index in [4.69, 9.17) is 9.84 Å². The molecule has 4 rings (SSSR count). The minimum atomic E-state index is -0.679. The van der Waals surface area contributed by atoms with E-state index < -0.39 is 6.17 Å². The zero-order chi connectivity index (χ0) is 23.7. The summed E-state index contributed by atoms with van der Waals surface area (Å²) >= 11 is 1.34. The van der Waals surface area contributed by atoms with Crippen LogP contribution >= 0.6 is 11.8 Å². The lowest BCUT2D eigenvalue weighted by Gasteiger charge is -2.32. The SMILES string of the molecule is CCN(CC)c1ccc(C2N(C(C)=O)c3ccccc3-c3c(=O)[nH]c(SC)n[n+]32)c(OC)c1. The molecule has 2 aromatic carbocycles. The smallest absolute Gasteiger partial charge is 0.325 e. The Morgan fingerprint density at radius 3 is 2.61 bits per heavy atom. The van der Waals surface area contributed by atoms with E-state index in [0.29, 0.717) is 27.9 Å². The Balaban J connectivity index is 2.03. The van der Waals surface area contributed by atoms with Crippen LogP contribution in [0.3, 0.4) is 0 Å². The number of ether oxygens (including phenoxy) is 1. The van der Waals surface area contributed by atoms with Gasteiger partial charge in [-0.2, -0.15) is 0 Å². The lowest BCUT2D eigenvalue weighted by atomic mass is 10.0. The highest BCUT2D eigenvalue weighted by molar-refractivity contribution is 7.98. The Bertz CT molecular complexity index is 1260. The molecule has 8 nitrogen and oxygen atoms in total. The second-order valence-corrected chi connectivity index (χ2v) is 8.43. The van der Waals surface area contributed by atoms with Crippen LogP contribution in [-0.2, 0) is 4.79 Å². The van der Waals surface area contributed by atoms with Crippen LogP contribution < -0.4 is 24.8 Å². The number of hydrogen-bond donors (Lipinski definition) is 1. The molecule has 33 heavy (non-hydrogen) atoms. The molecule has 0 bridgehead atoms. The van der Waals surface area contributed by atoms with Crippen LogP contribution in [0.5, 0.6) is 5.75 Å². The number of H-pyrrole nitrogens is 1. The van der Waals surface area contributed by atoms with E-state index in [1.165, 1.54) is 18.7 Å². The van der Waals surface area contributed by atoms with E-state index in [9.17, 15) is 9.59 Å². The number of nitrogens with zero attached hydrogens (tertiary/aromatic N) is 4. The molecule has 0 saturated carbocycles. The molecule has 1 aliphatic rings. The largest absolute Gasteiger partial charge is 0.496 e. The Hall–Kier alpha value is -3.33. The molecule has 9 heteroatoms. The highest BCUT2D eigenvalue weighted by Crippen LogP contribution is 2.40. The predicted molar refractivity (Wildman–Crippen MR) is 130 cm³/mol. The first-order valence-electron chi connectivity index (χ1n) is 10.9. The number of amides is 1. The van der Waals surface area contributed by atoms with E-state index in [2.05, 4.69) is 23.7 Å². The fraction of sp³-hybridized carbons (Fsp3) is 0.333. The van der Waals surface area contributed by atoms with Crippen LogP contribution in [0.2, 0.25) is 0 Å². The van der Waals surface area contributed by atoms with Crippen molar-refractivity contribution in [3.8, 4) is 17.0 Å². The summed E-state index contributed by atoms with van der Waals surface area (Å²) in [5.41, 5.74) is 3.24. The number of benzene rings is 2. The van der Waals surface area contributed by atoms with Crippen molar-refractivity contribution in [1.29, 1.82) is 0 Å². The van der Waals surface area contributed by atoms with Crippen LogP contribution in [0, 0.1) is 0 Å². The lowest BCUT2D eigenvalue weighted by Crippen LogP contribution is -2.60. The van der Waals surface area contributed by atoms with Gasteiger partial charge in [0.05, 0.1) is 23.9 Å². The number of nitrogens with one attached hydrogen (secondary N) is 1. The van der Waals surface area contributed by atoms with Crippen molar-refractivity contribution >= 4 is 29.0 Å². The number of rotatable bonds is 6. The number of hydrogen-bond acceptors (Lipinski definition) is 6. The summed E-state index contributed by atoms with van der Waals surface area (Å²) in [5, 5.41) is 5.18. The molecule has 1 unspecified atom stereocenters. The Labute approximate surface area is 197 Å². The molecule has 0 radical (unpaired) electrons. The van der Waals surface area contributed by atoms with Gasteiger partial charge in [0, 0.05) is 36.9 Å². The normalized spacial score (nSPS) is 14.5. The van der Waals surface area contributed by atoms with Gasteiger partial charge in [-0.15, -0.1) is 0 Å². The fourth-order valence-corrected chi connectivity index (χ4v) is 4.75. The molecule has 1 aromatic heterocycles. The molecule has 1 amide bonds. The summed E-state index contributed by atoms with van der Waals surface area (Å²) in [4.78, 5) is 32.9. The summed E-state index contributed by atoms with van der Waals surface area (Å²) in [5.74, 6) is 0.467. The molecule has 3 aromatic rings. The van der Waals surface area contributed by atoms with Crippen molar-refractivity contribution in [2.75, 3.05) is 36.3 Å². The third kappa shape index (κ3) is 3.86. The van der Waals surface area contributed by atoms with Crippen LogP contribution in [0.1, 0.15) is 32.5 Å². The average Bonchev–Trinajstić information content (AvgIpc) is 2.83. The quantitative estimate of drug-likeness (QED) is 0.444. The molecule has 1 aliphatic heterocycles. The Morgan fingerprint density at radius 1 is 1.24 bits per heavy atom. The first kappa shape index (κ1) is 22.8. The number of aromatic amines is 1. The van der Waals surface area contributed by atoms with Gasteiger partial charge in [0.1, 0.15) is 5.75 Å². The molecule has 0 saturated heterocycles. The number of carbonyl (C=O) groups excluding carboxylic acids is 1. The molecule has 0 aliphatic carbocycles. The number of thioether (sulfide) groups is 1. The molecule has 1 N–H and O–H groups in total. The van der Waals surface area contributed by atoms with E-state index in [1.54, 1.807) is 16.7 Å². The maximum atomic E-state index is 13.2. The topological polar surface area (TPSA) is 82.4 Å². The number of methoxy groups -OCH3 is 1. The van der Waals surface area contributed by atoms with Crippen LogP contribution in [0.25, 0.3) is 11.3 Å². The summed E-state index contributed by atoms with van der Waals surface area (Å²) in [6.45, 7) is 7.45. The number of fused-ring (bicyclic) bond motifs is 3. The minimum Gasteiger partial charge on any atom is -0.496 e. The van der Waals surface area contributed by atoms with Crippen molar-refractivity contribution in [3.05, 3.63) is 58.4 Å². The first-order chi connectivity index (χ1) is 15.9. The maximum Gasteiger partial charge on any atom is 0.325 e. The highest BCUT2D eigenvalue weighted by atomic mass is 32.2. The molecular weight excluding hydrogens is 438 g/mol. The van der Waals surface area contributed by atoms with Gasteiger partial charge in [-0.25, -0.2) is 4.90 Å². The molecule has 0 fully saturated rings. The van der Waals surface area contributed by atoms with Crippen molar-refractivity contribution in [2.45, 2.75) is 32.1 Å². The summed E-state index contributed by atoms with van der Waals surface area (Å²) < 4.78 is 7.44. The minimum absolute atomic E-state index is 0.159. The van der Waals surface area contributed by atoms with Crippen molar-refractivity contribution in [1.82, 2.24) is 10.1 Å². The standard InChI is InChI=1S/C24H27N5O3S/c1-6-27(7-2)16-12-13-18(20(14-16)32-4)23-28(15(3)30)19-11-9-8-10-17(19)21-22(31)25-24(33-5)26-29(21)23/h8-14,23H,6-7H2,1-5H3/p+1. The van der Waals surface area contributed by atoms with Gasteiger partial charge in [0.2, 0.25) is 11.1 Å². The molecule has 1 atom stereocenters. The number of carbonyl (C=O) groups is 1. The van der Waals surface area contributed by atoms with Gasteiger partial charge < -0.3 is 9.64 Å². The zero-order valence-electron chi connectivity index (χ0n) is 19.5. The lowest BCUT2D eigenvalue weighted by molar-refractivity contribution is -0.763. The zero-order valence-corrected chi connectivity index (χ0v) is 20.3. The number of anilines is 2. The van der Waals surface area contributed by atoms with Crippen molar-refractivity contribution in [2.24, 2.45) is 0 Å². The van der Waals surface area contributed by atoms with E-state index in [1.807, 2.05) is 48.7 Å². The van der Waals surface area contributed by atoms with Crippen LogP contribution in [0.15, 0.2) is 52.4 Å². The second-order valence-electron chi connectivity index (χ2n) is 7.63. The summed E-state index contributed by atoms with van der Waals surface area (Å²) in [7, 11) is 1.61. The molecule has 172 valence electrons. The maximum absolute atomic E-state index is 13.2. The van der Waals surface area contributed by atoms with Crippen molar-refractivity contribution < 1.29 is 14.2 Å². The molecular formula is C24H28N5O3S+. The Morgan fingerprint density at radius 2 is 1.97 bits per heavy atom. The molecule has 0 spiro atoms. The monoisotopic (exact) mass is 466 g/mol. The average molecular weight is 467 g/mol. The van der Waals surface area contributed by atoms with Gasteiger partial charge in [-0.1, -0.05) is 23.9 Å². The van der Waals surface area contributed by atoms with Gasteiger partial charge in [0.15, 0.2) is 0 Å². The van der Waals surface area contributed by atoms with E-state index in [-0.39, 0.29) is 11.5 Å². The summed E-state index contributed by atoms with van der Waals surface area (Å²) in [6, 6.07) is 13.4. The number of aromatic nitrogens is 3. The van der Waals surface area contributed by atoms with Gasteiger partial charge in [-0.05, 0) is 49.1 Å². The third-order valence-corrected chi connectivity index (χ3v) is 6.48. The predicted octanol–water partition coefficient (Wildman–Crippen LogP) is 3.21. The van der Waals surface area contributed by atoms with Crippen LogP contribution in [-0.4, -0.2) is 42.4 Å². The van der Waals surface area contributed by atoms with E-state index in [0.717, 1.165) is 24.3 Å². The van der Waals surface area contributed by atoms with Gasteiger partial charge in [-0.3, -0.25) is 14.6 Å². The van der Waals surface area contributed by atoms with Gasteiger partial charge >= 0.3 is 11.3 Å². The highest BCUT2D eigenvalue weighted by Gasteiger charge is 2.46. The van der Waals surface area contributed by atoms with Gasteiger partial charge in [0.25, 0.3) is 6.17 Å². The second kappa shape index (κ2) is 9.27. The van der Waals surface area contributed by atoms with E-state index >= 15 is 0 Å². The summed E-state index contributed by atoms with van der Waals surface area (Å²) in [6.07, 6.45) is 1.17. The fourth-order valence-electron chi connectivity index (χ4n) is 4.38. The van der Waals surface area contributed by atoms with Crippen molar-refractivity contribution in [3.63, 3.8) is 0 Å². The third-order valence-electron chi connectivity index (χ3n) is 5.91. The first-order valence-corrected chi connectivity index (χ1v) is 12.1.